The molecule has 1 aromatic heterocycles. The number of nitriles is 1. The number of aromatic amines is 1. The van der Waals surface area contributed by atoms with Crippen molar-refractivity contribution in [2.75, 3.05) is 0 Å². The minimum absolute atomic E-state index is 0.0223. The van der Waals surface area contributed by atoms with Gasteiger partial charge in [-0.15, -0.1) is 0 Å². The number of benzene rings is 2. The third-order valence-corrected chi connectivity index (χ3v) is 4.25. The highest BCUT2D eigenvalue weighted by atomic mass is 19.4. The molecule has 3 rings (SSSR count). The number of hydrogen-bond donors (Lipinski definition) is 1. The van der Waals surface area contributed by atoms with Crippen LogP contribution in [0, 0.1) is 17.1 Å². The maximum atomic E-state index is 13.2. The number of nitrogens with one attached hydrogen (secondary N) is 1. The Morgan fingerprint density at radius 2 is 1.80 bits per heavy atom. The van der Waals surface area contributed by atoms with Gasteiger partial charge >= 0.3 is 6.18 Å². The van der Waals surface area contributed by atoms with Gasteiger partial charge in [0, 0.05) is 23.9 Å². The second kappa shape index (κ2) is 6.60. The molecule has 1 unspecified atom stereocenters. The van der Waals surface area contributed by atoms with Gasteiger partial charge in [0.05, 0.1) is 17.1 Å². The lowest BCUT2D eigenvalue weighted by Crippen LogP contribution is -2.05. The highest BCUT2D eigenvalue weighted by molar-refractivity contribution is 5.87. The Morgan fingerprint density at radius 3 is 2.44 bits per heavy atom. The monoisotopic (exact) mass is 346 g/mol. The van der Waals surface area contributed by atoms with Gasteiger partial charge in [0.25, 0.3) is 0 Å². The first kappa shape index (κ1) is 17.0. The zero-order valence-corrected chi connectivity index (χ0v) is 13.1. The van der Waals surface area contributed by atoms with Crippen LogP contribution in [0.5, 0.6) is 0 Å². The van der Waals surface area contributed by atoms with Crippen molar-refractivity contribution in [2.45, 2.75) is 24.9 Å². The lowest BCUT2D eigenvalue weighted by atomic mass is 9.87. The predicted octanol–water partition coefficient (Wildman–Crippen LogP) is 5.76. The van der Waals surface area contributed by atoms with E-state index in [0.717, 1.165) is 11.6 Å². The molecule has 0 aliphatic heterocycles. The number of alkyl halides is 3. The van der Waals surface area contributed by atoms with Gasteiger partial charge in [-0.2, -0.15) is 18.4 Å². The van der Waals surface area contributed by atoms with Crippen molar-refractivity contribution in [1.82, 2.24) is 4.98 Å². The average Bonchev–Trinajstić information content (AvgIpc) is 3.00. The van der Waals surface area contributed by atoms with E-state index in [1.54, 1.807) is 24.4 Å². The molecule has 0 fully saturated rings. The molecule has 6 heteroatoms. The Morgan fingerprint density at radius 1 is 1.08 bits per heavy atom. The minimum Gasteiger partial charge on any atom is -0.360 e. The van der Waals surface area contributed by atoms with Crippen LogP contribution >= 0.6 is 0 Å². The molecule has 2 nitrogen and oxygen atoms in total. The lowest BCUT2D eigenvalue weighted by molar-refractivity contribution is -0.136. The van der Waals surface area contributed by atoms with Crippen LogP contribution in [-0.2, 0) is 6.18 Å². The van der Waals surface area contributed by atoms with Gasteiger partial charge in [0.2, 0.25) is 0 Å². The molecule has 1 atom stereocenters. The fourth-order valence-electron chi connectivity index (χ4n) is 3.11. The van der Waals surface area contributed by atoms with Crippen LogP contribution in [-0.4, -0.2) is 4.98 Å². The number of nitrogens with zero attached hydrogens (tertiary/aromatic N) is 1. The van der Waals surface area contributed by atoms with Crippen LogP contribution in [0.1, 0.15) is 35.4 Å². The van der Waals surface area contributed by atoms with E-state index < -0.39 is 11.7 Å². The Bertz CT molecular complexity index is 917. The maximum Gasteiger partial charge on any atom is 0.418 e. The molecule has 1 N–H and O–H groups in total. The quantitative estimate of drug-likeness (QED) is 0.599. The Labute approximate surface area is 141 Å². The molecule has 0 saturated carbocycles. The van der Waals surface area contributed by atoms with E-state index in [1.807, 2.05) is 0 Å². The number of fused-ring (bicyclic) bond motifs is 1. The van der Waals surface area contributed by atoms with Crippen molar-refractivity contribution in [3.05, 3.63) is 71.2 Å². The van der Waals surface area contributed by atoms with Crippen molar-refractivity contribution in [2.24, 2.45) is 0 Å². The largest absolute Gasteiger partial charge is 0.418 e. The second-order valence-electron chi connectivity index (χ2n) is 5.77. The van der Waals surface area contributed by atoms with Crippen molar-refractivity contribution < 1.29 is 17.6 Å². The molecule has 0 aliphatic rings. The van der Waals surface area contributed by atoms with E-state index in [4.69, 9.17) is 5.26 Å². The molecule has 0 amide bonds. The van der Waals surface area contributed by atoms with E-state index in [-0.39, 0.29) is 23.7 Å². The minimum atomic E-state index is -4.46. The van der Waals surface area contributed by atoms with Crippen molar-refractivity contribution in [1.29, 1.82) is 5.26 Å². The highest BCUT2D eigenvalue weighted by Gasteiger charge is 2.33. The van der Waals surface area contributed by atoms with Gasteiger partial charge in [-0.3, -0.25) is 0 Å². The fourth-order valence-corrected chi connectivity index (χ4v) is 3.11. The summed E-state index contributed by atoms with van der Waals surface area (Å²) < 4.78 is 52.8. The molecule has 0 radical (unpaired) electrons. The zero-order chi connectivity index (χ0) is 18.0. The van der Waals surface area contributed by atoms with Gasteiger partial charge in [-0.25, -0.2) is 4.39 Å². The zero-order valence-electron chi connectivity index (χ0n) is 13.1. The SMILES string of the molecule is N#CCCC(c1ccc(F)cc1)c1c[nH]c2c(C(F)(F)F)cccc12. The third-order valence-electron chi connectivity index (χ3n) is 4.25. The third kappa shape index (κ3) is 3.36. The molecule has 2 aromatic carbocycles. The summed E-state index contributed by atoms with van der Waals surface area (Å²) in [6, 6.07) is 11.9. The summed E-state index contributed by atoms with van der Waals surface area (Å²) in [6.07, 6.45) is -2.23. The van der Waals surface area contributed by atoms with E-state index in [9.17, 15) is 17.6 Å². The number of rotatable bonds is 4. The molecule has 128 valence electrons. The molecule has 0 bridgehead atoms. The van der Waals surface area contributed by atoms with E-state index >= 15 is 0 Å². The Hall–Kier alpha value is -2.81. The molecule has 0 aliphatic carbocycles. The topological polar surface area (TPSA) is 39.6 Å². The first-order valence-electron chi connectivity index (χ1n) is 7.71. The first-order chi connectivity index (χ1) is 11.9. The van der Waals surface area contributed by atoms with Gasteiger partial charge in [0.15, 0.2) is 0 Å². The molecule has 1 heterocycles. The van der Waals surface area contributed by atoms with Gasteiger partial charge in [-0.1, -0.05) is 24.3 Å². The van der Waals surface area contributed by atoms with Gasteiger partial charge in [0.1, 0.15) is 5.82 Å². The van der Waals surface area contributed by atoms with E-state index in [1.165, 1.54) is 18.2 Å². The number of H-pyrrole nitrogens is 1. The van der Waals surface area contributed by atoms with Crippen molar-refractivity contribution in [3.63, 3.8) is 0 Å². The summed E-state index contributed by atoms with van der Waals surface area (Å²) in [5, 5.41) is 9.36. The summed E-state index contributed by atoms with van der Waals surface area (Å²) in [5.41, 5.74) is 0.723. The number of para-hydroxylation sites is 1. The summed E-state index contributed by atoms with van der Waals surface area (Å²) in [6.45, 7) is 0. The first-order valence-corrected chi connectivity index (χ1v) is 7.71. The normalized spacial score (nSPS) is 12.9. The van der Waals surface area contributed by atoms with Crippen LogP contribution in [0.4, 0.5) is 17.6 Å². The number of halogens is 4. The standard InChI is InChI=1S/C19H14F4N2/c20-13-8-6-12(7-9-13)14(4-2-10-24)16-11-25-18-15(16)3-1-5-17(18)19(21,22)23/h1,3,5-9,11,14,25H,2,4H2. The fraction of sp³-hybridized carbons (Fsp3) is 0.211. The van der Waals surface area contributed by atoms with Crippen molar-refractivity contribution in [3.8, 4) is 6.07 Å². The highest BCUT2D eigenvalue weighted by Crippen LogP contribution is 2.39. The number of hydrogen-bond acceptors (Lipinski definition) is 1. The Balaban J connectivity index is 2.13. The van der Waals surface area contributed by atoms with Crippen LogP contribution < -0.4 is 0 Å². The van der Waals surface area contributed by atoms with E-state index in [0.29, 0.717) is 17.4 Å². The molecule has 0 spiro atoms. The smallest absolute Gasteiger partial charge is 0.360 e. The number of aromatic nitrogens is 1. The van der Waals surface area contributed by atoms with Crippen LogP contribution in [0.3, 0.4) is 0 Å². The van der Waals surface area contributed by atoms with Crippen LogP contribution in [0.25, 0.3) is 10.9 Å². The summed E-state index contributed by atoms with van der Waals surface area (Å²) in [5.74, 6) is -0.682. The van der Waals surface area contributed by atoms with Gasteiger partial charge < -0.3 is 4.98 Å². The average molecular weight is 346 g/mol. The lowest BCUT2D eigenvalue weighted by Gasteiger charge is -2.16. The van der Waals surface area contributed by atoms with Gasteiger partial charge in [-0.05, 0) is 35.7 Å². The Kier molecular flexibility index (Phi) is 4.49. The molecule has 0 saturated heterocycles. The maximum absolute atomic E-state index is 13.2. The predicted molar refractivity (Wildman–Crippen MR) is 86.4 cm³/mol. The molecule has 3 aromatic rings. The molecular formula is C19H14F4N2. The summed E-state index contributed by atoms with van der Waals surface area (Å²) in [4.78, 5) is 2.72. The molecule has 25 heavy (non-hydrogen) atoms. The van der Waals surface area contributed by atoms with E-state index in [2.05, 4.69) is 11.1 Å². The molecular weight excluding hydrogens is 332 g/mol. The van der Waals surface area contributed by atoms with Crippen LogP contribution in [0.2, 0.25) is 0 Å². The second-order valence-corrected chi connectivity index (χ2v) is 5.77. The van der Waals surface area contributed by atoms with Crippen molar-refractivity contribution >= 4 is 10.9 Å². The summed E-state index contributed by atoms with van der Waals surface area (Å²) >= 11 is 0. The van der Waals surface area contributed by atoms with Crippen LogP contribution in [0.15, 0.2) is 48.7 Å². The summed E-state index contributed by atoms with van der Waals surface area (Å²) in [7, 11) is 0.